The van der Waals surface area contributed by atoms with Crippen molar-refractivity contribution in [2.24, 2.45) is 5.92 Å². The van der Waals surface area contributed by atoms with Gasteiger partial charge < -0.3 is 9.73 Å². The second-order valence-corrected chi connectivity index (χ2v) is 5.24. The Labute approximate surface area is 106 Å². The van der Waals surface area contributed by atoms with Gasteiger partial charge in [0.05, 0.1) is 6.26 Å². The first-order valence-corrected chi connectivity index (χ1v) is 6.98. The highest BCUT2D eigenvalue weighted by Crippen LogP contribution is 2.12. The number of furan rings is 1. The van der Waals surface area contributed by atoms with Crippen LogP contribution in [0.5, 0.6) is 0 Å². The average molecular weight is 237 g/mol. The molecule has 0 saturated carbocycles. The molecule has 0 amide bonds. The zero-order chi connectivity index (χ0) is 12.5. The first-order chi connectivity index (χ1) is 8.22. The van der Waals surface area contributed by atoms with E-state index < -0.39 is 0 Å². The monoisotopic (exact) mass is 237 g/mol. The molecule has 1 aromatic heterocycles. The van der Waals surface area contributed by atoms with Crippen LogP contribution in [0.15, 0.2) is 22.8 Å². The number of rotatable bonds is 9. The Bertz CT molecular complexity index is 266. The normalized spacial score (nSPS) is 13.2. The van der Waals surface area contributed by atoms with Crippen LogP contribution in [0.3, 0.4) is 0 Å². The maximum atomic E-state index is 5.39. The Morgan fingerprint density at radius 3 is 2.65 bits per heavy atom. The van der Waals surface area contributed by atoms with Crippen molar-refractivity contribution in [3.05, 3.63) is 24.2 Å². The van der Waals surface area contributed by atoms with Crippen LogP contribution >= 0.6 is 0 Å². The van der Waals surface area contributed by atoms with Crippen molar-refractivity contribution in [1.29, 1.82) is 0 Å². The molecule has 1 unspecified atom stereocenters. The van der Waals surface area contributed by atoms with Gasteiger partial charge in [-0.1, -0.05) is 20.8 Å². The third kappa shape index (κ3) is 6.52. The second-order valence-electron chi connectivity index (χ2n) is 5.24. The molecule has 0 aliphatic carbocycles. The summed E-state index contributed by atoms with van der Waals surface area (Å²) in [7, 11) is 0. The largest absolute Gasteiger partial charge is 0.469 e. The molecule has 0 fully saturated rings. The van der Waals surface area contributed by atoms with Gasteiger partial charge in [0.1, 0.15) is 5.76 Å². The van der Waals surface area contributed by atoms with E-state index in [4.69, 9.17) is 4.42 Å². The fourth-order valence-corrected chi connectivity index (χ4v) is 2.00. The van der Waals surface area contributed by atoms with Crippen molar-refractivity contribution in [2.45, 2.75) is 58.9 Å². The molecule has 1 heterocycles. The molecule has 1 atom stereocenters. The highest BCUT2D eigenvalue weighted by molar-refractivity contribution is 4.98. The Kier molecular flexibility index (Phi) is 7.02. The van der Waals surface area contributed by atoms with Gasteiger partial charge in [-0.3, -0.25) is 0 Å². The van der Waals surface area contributed by atoms with Crippen LogP contribution in [0.4, 0.5) is 0 Å². The van der Waals surface area contributed by atoms with Crippen molar-refractivity contribution in [3.63, 3.8) is 0 Å². The molecule has 0 radical (unpaired) electrons. The van der Waals surface area contributed by atoms with Crippen molar-refractivity contribution < 1.29 is 4.42 Å². The minimum Gasteiger partial charge on any atom is -0.469 e. The van der Waals surface area contributed by atoms with Crippen LogP contribution < -0.4 is 5.32 Å². The number of nitrogens with one attached hydrogen (secondary N) is 1. The summed E-state index contributed by atoms with van der Waals surface area (Å²) in [4.78, 5) is 0. The molecular weight excluding hydrogens is 210 g/mol. The fourth-order valence-electron chi connectivity index (χ4n) is 2.00. The van der Waals surface area contributed by atoms with Crippen LogP contribution in [-0.2, 0) is 6.42 Å². The molecule has 0 saturated heterocycles. The zero-order valence-corrected chi connectivity index (χ0v) is 11.5. The van der Waals surface area contributed by atoms with Gasteiger partial charge in [-0.15, -0.1) is 0 Å². The predicted molar refractivity (Wildman–Crippen MR) is 73.2 cm³/mol. The maximum absolute atomic E-state index is 5.39. The molecule has 1 N–H and O–H groups in total. The molecule has 0 aliphatic rings. The second kappa shape index (κ2) is 8.35. The lowest BCUT2D eigenvalue weighted by atomic mass is 9.99. The zero-order valence-electron chi connectivity index (χ0n) is 11.5. The molecule has 2 nitrogen and oxygen atoms in total. The SMILES string of the molecule is CCCNC(CCc1ccco1)CCC(C)C. The maximum Gasteiger partial charge on any atom is 0.103 e. The van der Waals surface area contributed by atoms with Gasteiger partial charge >= 0.3 is 0 Å². The Balaban J connectivity index is 2.28. The van der Waals surface area contributed by atoms with Crippen molar-refractivity contribution in [1.82, 2.24) is 5.32 Å². The smallest absolute Gasteiger partial charge is 0.103 e. The summed E-state index contributed by atoms with van der Waals surface area (Å²) in [5, 5.41) is 3.65. The third-order valence-electron chi connectivity index (χ3n) is 3.09. The van der Waals surface area contributed by atoms with Crippen LogP contribution in [0.2, 0.25) is 0 Å². The lowest BCUT2D eigenvalue weighted by Gasteiger charge is -2.19. The molecule has 0 aromatic carbocycles. The number of hydrogen-bond acceptors (Lipinski definition) is 2. The summed E-state index contributed by atoms with van der Waals surface area (Å²) in [5.74, 6) is 1.90. The lowest BCUT2D eigenvalue weighted by molar-refractivity contribution is 0.396. The number of hydrogen-bond donors (Lipinski definition) is 1. The molecule has 2 heteroatoms. The van der Waals surface area contributed by atoms with Gasteiger partial charge in [-0.05, 0) is 50.3 Å². The highest BCUT2D eigenvalue weighted by Gasteiger charge is 2.09. The van der Waals surface area contributed by atoms with Crippen molar-refractivity contribution >= 4 is 0 Å². The quantitative estimate of drug-likeness (QED) is 0.702. The number of aryl methyl sites for hydroxylation is 1. The van der Waals surface area contributed by atoms with E-state index in [0.29, 0.717) is 6.04 Å². The highest BCUT2D eigenvalue weighted by atomic mass is 16.3. The molecule has 1 aromatic rings. The van der Waals surface area contributed by atoms with Gasteiger partial charge in [0, 0.05) is 12.5 Å². The first-order valence-electron chi connectivity index (χ1n) is 6.98. The van der Waals surface area contributed by atoms with Gasteiger partial charge in [0.25, 0.3) is 0 Å². The summed E-state index contributed by atoms with van der Waals surface area (Å²) in [5.41, 5.74) is 0. The van der Waals surface area contributed by atoms with E-state index in [2.05, 4.69) is 32.2 Å². The average Bonchev–Trinajstić information content (AvgIpc) is 2.80. The lowest BCUT2D eigenvalue weighted by Crippen LogP contribution is -2.30. The van der Waals surface area contributed by atoms with Crippen molar-refractivity contribution in [3.8, 4) is 0 Å². The summed E-state index contributed by atoms with van der Waals surface area (Å²) in [6.07, 6.45) is 7.78. The van der Waals surface area contributed by atoms with Gasteiger partial charge in [0.15, 0.2) is 0 Å². The molecule has 98 valence electrons. The Morgan fingerprint density at radius 2 is 2.06 bits per heavy atom. The Hall–Kier alpha value is -0.760. The third-order valence-corrected chi connectivity index (χ3v) is 3.09. The Morgan fingerprint density at radius 1 is 1.24 bits per heavy atom. The van der Waals surface area contributed by atoms with Crippen molar-refractivity contribution in [2.75, 3.05) is 6.54 Å². The molecule has 0 aliphatic heterocycles. The fraction of sp³-hybridized carbons (Fsp3) is 0.733. The molecule has 0 spiro atoms. The van der Waals surface area contributed by atoms with E-state index in [1.807, 2.05) is 6.07 Å². The van der Waals surface area contributed by atoms with Gasteiger partial charge in [-0.2, -0.15) is 0 Å². The van der Waals surface area contributed by atoms with E-state index in [1.165, 1.54) is 25.7 Å². The van der Waals surface area contributed by atoms with E-state index in [9.17, 15) is 0 Å². The van der Waals surface area contributed by atoms with E-state index in [0.717, 1.165) is 24.6 Å². The van der Waals surface area contributed by atoms with Crippen LogP contribution in [0.25, 0.3) is 0 Å². The van der Waals surface area contributed by atoms with Crippen LogP contribution in [0.1, 0.15) is 52.2 Å². The van der Waals surface area contributed by atoms with Crippen LogP contribution in [0, 0.1) is 5.92 Å². The summed E-state index contributed by atoms with van der Waals surface area (Å²) in [6, 6.07) is 4.68. The summed E-state index contributed by atoms with van der Waals surface area (Å²) < 4.78 is 5.39. The molecule has 1 rings (SSSR count). The molecule has 17 heavy (non-hydrogen) atoms. The summed E-state index contributed by atoms with van der Waals surface area (Å²) in [6.45, 7) is 7.94. The van der Waals surface area contributed by atoms with Gasteiger partial charge in [-0.25, -0.2) is 0 Å². The van der Waals surface area contributed by atoms with E-state index in [1.54, 1.807) is 6.26 Å². The minimum absolute atomic E-state index is 0.641. The molecular formula is C15H27NO. The summed E-state index contributed by atoms with van der Waals surface area (Å²) >= 11 is 0. The van der Waals surface area contributed by atoms with E-state index in [-0.39, 0.29) is 0 Å². The predicted octanol–water partition coefficient (Wildman–Crippen LogP) is 4.02. The van der Waals surface area contributed by atoms with Crippen LogP contribution in [-0.4, -0.2) is 12.6 Å². The standard InChI is InChI=1S/C15H27NO/c1-4-11-16-14(8-7-13(2)3)9-10-15-6-5-12-17-15/h5-6,12-14,16H,4,7-11H2,1-3H3. The van der Waals surface area contributed by atoms with Gasteiger partial charge in [0.2, 0.25) is 0 Å². The topological polar surface area (TPSA) is 25.2 Å². The minimum atomic E-state index is 0.641. The first kappa shape index (κ1) is 14.3. The molecule has 0 bridgehead atoms. The van der Waals surface area contributed by atoms with E-state index >= 15 is 0 Å².